The lowest BCUT2D eigenvalue weighted by Crippen LogP contribution is -2.26. The van der Waals surface area contributed by atoms with Gasteiger partial charge in [-0.05, 0) is 64.5 Å². The summed E-state index contributed by atoms with van der Waals surface area (Å²) >= 11 is 15.3. The summed E-state index contributed by atoms with van der Waals surface area (Å²) in [6.07, 6.45) is 0. The molecule has 0 saturated carbocycles. The van der Waals surface area contributed by atoms with E-state index in [2.05, 4.69) is 21.2 Å². The van der Waals surface area contributed by atoms with E-state index in [-0.39, 0.29) is 16.5 Å². The second-order valence-corrected chi connectivity index (χ2v) is 10.0. The number of anilines is 2. The summed E-state index contributed by atoms with van der Waals surface area (Å²) in [4.78, 5) is 12.3. The molecule has 1 N–H and O–H groups in total. The van der Waals surface area contributed by atoms with Crippen LogP contribution >= 0.6 is 39.1 Å². The first kappa shape index (κ1) is 23.4. The number of hydrogen-bond donors (Lipinski definition) is 1. The van der Waals surface area contributed by atoms with E-state index in [4.69, 9.17) is 27.9 Å². The van der Waals surface area contributed by atoms with Gasteiger partial charge in [0.2, 0.25) is 0 Å². The predicted octanol–water partition coefficient (Wildman–Crippen LogP) is 5.60. The molecule has 0 saturated heterocycles. The molecule has 6 nitrogen and oxygen atoms in total. The molecule has 0 spiro atoms. The van der Waals surface area contributed by atoms with Crippen LogP contribution in [-0.4, -0.2) is 28.0 Å². The largest absolute Gasteiger partial charge is 0.481 e. The Labute approximate surface area is 198 Å². The molecule has 3 aromatic rings. The summed E-state index contributed by atoms with van der Waals surface area (Å²) in [5.74, 6) is -0.137. The SMILES string of the molecule is CN(c1ccccc1)S(=O)(=O)c1ccc(NC(=O)COc2c(Cl)cc(Cl)cc2Br)cc1. The van der Waals surface area contributed by atoms with Crippen LogP contribution in [0.4, 0.5) is 11.4 Å². The minimum absolute atomic E-state index is 0.102. The average Bonchev–Trinajstić information content (AvgIpc) is 2.73. The molecule has 0 radical (unpaired) electrons. The normalized spacial score (nSPS) is 11.1. The van der Waals surface area contributed by atoms with Crippen molar-refractivity contribution < 1.29 is 17.9 Å². The summed E-state index contributed by atoms with van der Waals surface area (Å²) in [5, 5.41) is 3.35. The van der Waals surface area contributed by atoms with Gasteiger partial charge in [-0.1, -0.05) is 41.4 Å². The van der Waals surface area contributed by atoms with Gasteiger partial charge in [-0.25, -0.2) is 8.42 Å². The quantitative estimate of drug-likeness (QED) is 0.421. The van der Waals surface area contributed by atoms with Crippen molar-refractivity contribution in [3.05, 3.63) is 81.2 Å². The number of sulfonamides is 1. The van der Waals surface area contributed by atoms with Crippen LogP contribution in [0.2, 0.25) is 10.0 Å². The van der Waals surface area contributed by atoms with Crippen LogP contribution in [0.5, 0.6) is 5.75 Å². The first-order valence-corrected chi connectivity index (χ1v) is 11.9. The number of nitrogens with one attached hydrogen (secondary N) is 1. The van der Waals surface area contributed by atoms with Crippen LogP contribution in [0.15, 0.2) is 76.1 Å². The molecule has 0 aromatic heterocycles. The number of halogens is 3. The van der Waals surface area contributed by atoms with Gasteiger partial charge in [0.1, 0.15) is 0 Å². The van der Waals surface area contributed by atoms with Crippen LogP contribution in [0.1, 0.15) is 0 Å². The minimum atomic E-state index is -3.73. The second kappa shape index (κ2) is 9.91. The monoisotopic (exact) mass is 542 g/mol. The van der Waals surface area contributed by atoms with Gasteiger partial charge in [-0.15, -0.1) is 0 Å². The van der Waals surface area contributed by atoms with Crippen molar-refractivity contribution in [1.82, 2.24) is 0 Å². The molecule has 10 heteroatoms. The van der Waals surface area contributed by atoms with Gasteiger partial charge in [-0.3, -0.25) is 9.10 Å². The van der Waals surface area contributed by atoms with E-state index in [1.54, 1.807) is 30.3 Å². The number of nitrogens with zero attached hydrogens (tertiary/aromatic N) is 1. The minimum Gasteiger partial charge on any atom is -0.481 e. The zero-order chi connectivity index (χ0) is 22.6. The maximum Gasteiger partial charge on any atom is 0.264 e. The summed E-state index contributed by atoms with van der Waals surface area (Å²) < 4.78 is 32.8. The van der Waals surface area contributed by atoms with E-state index in [0.29, 0.717) is 26.6 Å². The number of hydrogen-bond acceptors (Lipinski definition) is 4. The highest BCUT2D eigenvalue weighted by Gasteiger charge is 2.21. The van der Waals surface area contributed by atoms with Crippen molar-refractivity contribution in [3.63, 3.8) is 0 Å². The van der Waals surface area contributed by atoms with Crippen molar-refractivity contribution in [3.8, 4) is 5.75 Å². The highest BCUT2D eigenvalue weighted by atomic mass is 79.9. The molecule has 31 heavy (non-hydrogen) atoms. The van der Waals surface area contributed by atoms with Gasteiger partial charge in [0.05, 0.1) is 20.1 Å². The molecule has 0 heterocycles. The summed E-state index contributed by atoms with van der Waals surface area (Å²) in [5.41, 5.74) is 0.972. The number of rotatable bonds is 7. The van der Waals surface area contributed by atoms with Crippen molar-refractivity contribution in [2.24, 2.45) is 0 Å². The Balaban J connectivity index is 1.65. The maximum absolute atomic E-state index is 12.8. The highest BCUT2D eigenvalue weighted by Crippen LogP contribution is 2.36. The molecule has 3 aromatic carbocycles. The molecule has 0 unspecified atom stereocenters. The van der Waals surface area contributed by atoms with Crippen molar-refractivity contribution in [2.75, 3.05) is 23.3 Å². The molecule has 1 amide bonds. The van der Waals surface area contributed by atoms with Crippen LogP contribution in [0.25, 0.3) is 0 Å². The Morgan fingerprint density at radius 1 is 1.06 bits per heavy atom. The molecule has 3 rings (SSSR count). The molecule has 0 fully saturated rings. The molecule has 0 aliphatic carbocycles. The Bertz CT molecular complexity index is 1170. The van der Waals surface area contributed by atoms with E-state index < -0.39 is 15.9 Å². The molecule has 162 valence electrons. The van der Waals surface area contributed by atoms with Crippen LogP contribution in [0, 0.1) is 0 Å². The number of para-hydroxylation sites is 1. The smallest absolute Gasteiger partial charge is 0.264 e. The topological polar surface area (TPSA) is 75.7 Å². The first-order valence-electron chi connectivity index (χ1n) is 8.90. The summed E-state index contributed by atoms with van der Waals surface area (Å²) in [6, 6.07) is 17.7. The number of ether oxygens (including phenoxy) is 1. The lowest BCUT2D eigenvalue weighted by molar-refractivity contribution is -0.118. The van der Waals surface area contributed by atoms with Crippen molar-refractivity contribution in [2.45, 2.75) is 4.90 Å². The summed E-state index contributed by atoms with van der Waals surface area (Å²) in [6.45, 7) is -0.295. The Kier molecular flexibility index (Phi) is 7.48. The first-order chi connectivity index (χ1) is 14.7. The third-order valence-corrected chi connectivity index (χ3v) is 7.11. The molecular formula is C21H17BrCl2N2O4S. The maximum atomic E-state index is 12.8. The number of amides is 1. The van der Waals surface area contributed by atoms with E-state index in [1.165, 1.54) is 41.7 Å². The highest BCUT2D eigenvalue weighted by molar-refractivity contribution is 9.10. The van der Waals surface area contributed by atoms with Crippen molar-refractivity contribution in [1.29, 1.82) is 0 Å². The van der Waals surface area contributed by atoms with Gasteiger partial charge >= 0.3 is 0 Å². The second-order valence-electron chi connectivity index (χ2n) is 6.37. The number of benzene rings is 3. The van der Waals surface area contributed by atoms with Gasteiger partial charge in [0, 0.05) is 17.8 Å². The molecular weight excluding hydrogens is 527 g/mol. The average molecular weight is 544 g/mol. The summed E-state index contributed by atoms with van der Waals surface area (Å²) in [7, 11) is -2.25. The number of carbonyl (C=O) groups excluding carboxylic acids is 1. The third-order valence-electron chi connectivity index (χ3n) is 4.23. The van der Waals surface area contributed by atoms with Gasteiger partial charge < -0.3 is 10.1 Å². The lowest BCUT2D eigenvalue weighted by Gasteiger charge is -2.19. The molecule has 0 bridgehead atoms. The molecule has 0 aliphatic heterocycles. The standard InChI is InChI=1S/C21H17BrCl2N2O4S/c1-26(16-5-3-2-4-6-16)31(28,29)17-9-7-15(8-10-17)25-20(27)13-30-21-18(22)11-14(23)12-19(21)24/h2-12H,13H2,1H3,(H,25,27). The van der Waals surface area contributed by atoms with Crippen molar-refractivity contribution >= 4 is 66.4 Å². The van der Waals surface area contributed by atoms with Crippen LogP contribution in [-0.2, 0) is 14.8 Å². The number of carbonyl (C=O) groups is 1. The Morgan fingerprint density at radius 3 is 2.32 bits per heavy atom. The molecule has 0 atom stereocenters. The van der Waals surface area contributed by atoms with Gasteiger partial charge in [-0.2, -0.15) is 0 Å². The fourth-order valence-corrected chi connectivity index (χ4v) is 5.21. The fraction of sp³-hybridized carbons (Fsp3) is 0.0952. The fourth-order valence-electron chi connectivity index (χ4n) is 2.65. The molecule has 0 aliphatic rings. The lowest BCUT2D eigenvalue weighted by atomic mass is 10.3. The van der Waals surface area contributed by atoms with E-state index in [0.717, 1.165) is 0 Å². The van der Waals surface area contributed by atoms with Crippen LogP contribution < -0.4 is 14.4 Å². The van der Waals surface area contributed by atoms with E-state index in [9.17, 15) is 13.2 Å². The zero-order valence-electron chi connectivity index (χ0n) is 16.2. The Morgan fingerprint density at radius 2 is 1.71 bits per heavy atom. The Hall–Kier alpha value is -2.26. The van der Waals surface area contributed by atoms with Gasteiger partial charge in [0.15, 0.2) is 12.4 Å². The van der Waals surface area contributed by atoms with Crippen LogP contribution in [0.3, 0.4) is 0 Å². The van der Waals surface area contributed by atoms with E-state index >= 15 is 0 Å². The third kappa shape index (κ3) is 5.71. The zero-order valence-corrected chi connectivity index (χ0v) is 20.1. The predicted molar refractivity (Wildman–Crippen MR) is 127 cm³/mol. The van der Waals surface area contributed by atoms with Gasteiger partial charge in [0.25, 0.3) is 15.9 Å². The van der Waals surface area contributed by atoms with E-state index in [1.807, 2.05) is 6.07 Å².